The highest BCUT2D eigenvalue weighted by molar-refractivity contribution is 6.02. The largest absolute Gasteiger partial charge is 0.354 e. The van der Waals surface area contributed by atoms with Crippen molar-refractivity contribution in [3.63, 3.8) is 0 Å². The van der Waals surface area contributed by atoms with Gasteiger partial charge in [-0.3, -0.25) is 14.4 Å². The SMILES string of the molecule is CC(=O)c1c(C)[nH]c(C(=O)NCc2ccc(N3CCCC3=O)cc2)c1C. The summed E-state index contributed by atoms with van der Waals surface area (Å²) in [5.41, 5.74) is 4.22. The number of aryl methyl sites for hydroxylation is 1. The lowest BCUT2D eigenvalue weighted by atomic mass is 10.1. The Bertz CT molecular complexity index is 865. The molecule has 1 aliphatic heterocycles. The van der Waals surface area contributed by atoms with E-state index in [1.165, 1.54) is 6.92 Å². The molecule has 26 heavy (non-hydrogen) atoms. The number of nitrogens with one attached hydrogen (secondary N) is 2. The summed E-state index contributed by atoms with van der Waals surface area (Å²) in [5.74, 6) is -0.135. The third-order valence-corrected chi connectivity index (χ3v) is 4.79. The monoisotopic (exact) mass is 353 g/mol. The number of hydrogen-bond donors (Lipinski definition) is 2. The molecule has 1 fully saturated rings. The molecule has 1 aromatic carbocycles. The number of carbonyl (C=O) groups is 3. The van der Waals surface area contributed by atoms with Crippen molar-refractivity contribution < 1.29 is 14.4 Å². The second kappa shape index (κ2) is 7.15. The van der Waals surface area contributed by atoms with Crippen LogP contribution < -0.4 is 10.2 Å². The summed E-state index contributed by atoms with van der Waals surface area (Å²) >= 11 is 0. The highest BCUT2D eigenvalue weighted by Crippen LogP contribution is 2.22. The highest BCUT2D eigenvalue weighted by Gasteiger charge is 2.22. The van der Waals surface area contributed by atoms with Gasteiger partial charge < -0.3 is 15.2 Å². The molecule has 136 valence electrons. The summed E-state index contributed by atoms with van der Waals surface area (Å²) < 4.78 is 0. The molecular weight excluding hydrogens is 330 g/mol. The normalized spacial score (nSPS) is 14.0. The van der Waals surface area contributed by atoms with Crippen LogP contribution in [-0.2, 0) is 11.3 Å². The van der Waals surface area contributed by atoms with E-state index in [1.807, 2.05) is 24.3 Å². The molecule has 0 saturated carbocycles. The van der Waals surface area contributed by atoms with Gasteiger partial charge in [0, 0.05) is 36.5 Å². The van der Waals surface area contributed by atoms with E-state index in [9.17, 15) is 14.4 Å². The van der Waals surface area contributed by atoms with Gasteiger partial charge in [0.2, 0.25) is 5.91 Å². The Hall–Kier alpha value is -2.89. The maximum Gasteiger partial charge on any atom is 0.268 e. The van der Waals surface area contributed by atoms with Gasteiger partial charge in [0.05, 0.1) is 0 Å². The van der Waals surface area contributed by atoms with Crippen LogP contribution in [0.3, 0.4) is 0 Å². The van der Waals surface area contributed by atoms with Gasteiger partial charge in [0.15, 0.2) is 5.78 Å². The molecule has 1 aromatic heterocycles. The lowest BCUT2D eigenvalue weighted by Gasteiger charge is -2.16. The fourth-order valence-corrected chi connectivity index (χ4v) is 3.49. The summed E-state index contributed by atoms with van der Waals surface area (Å²) in [5, 5.41) is 2.87. The standard InChI is InChI=1S/C20H23N3O3/c1-12-18(14(3)24)13(2)22-19(12)20(26)21-11-15-6-8-16(9-7-15)23-10-4-5-17(23)25/h6-9,22H,4-5,10-11H2,1-3H3,(H,21,26). The fraction of sp³-hybridized carbons (Fsp3) is 0.350. The van der Waals surface area contributed by atoms with E-state index >= 15 is 0 Å². The summed E-state index contributed by atoms with van der Waals surface area (Å²) in [6.07, 6.45) is 1.50. The van der Waals surface area contributed by atoms with Gasteiger partial charge in [-0.1, -0.05) is 12.1 Å². The first kappa shape index (κ1) is 17.9. The van der Waals surface area contributed by atoms with E-state index in [2.05, 4.69) is 10.3 Å². The van der Waals surface area contributed by atoms with Crippen molar-refractivity contribution in [2.45, 2.75) is 40.2 Å². The number of benzene rings is 1. The number of anilines is 1. The summed E-state index contributed by atoms with van der Waals surface area (Å²) in [6.45, 7) is 6.20. The lowest BCUT2D eigenvalue weighted by molar-refractivity contribution is -0.117. The maximum atomic E-state index is 12.4. The number of rotatable bonds is 5. The Morgan fingerprint density at radius 3 is 2.42 bits per heavy atom. The maximum absolute atomic E-state index is 12.4. The first-order valence-electron chi connectivity index (χ1n) is 8.76. The average molecular weight is 353 g/mol. The zero-order valence-electron chi connectivity index (χ0n) is 15.3. The van der Waals surface area contributed by atoms with Crippen molar-refractivity contribution in [3.05, 3.63) is 52.3 Å². The van der Waals surface area contributed by atoms with Crippen LogP contribution in [-0.4, -0.2) is 29.1 Å². The van der Waals surface area contributed by atoms with Crippen LogP contribution >= 0.6 is 0 Å². The highest BCUT2D eigenvalue weighted by atomic mass is 16.2. The third kappa shape index (κ3) is 3.40. The predicted octanol–water partition coefficient (Wildman–Crippen LogP) is 2.89. The Morgan fingerprint density at radius 1 is 1.19 bits per heavy atom. The molecule has 2 amide bonds. The minimum absolute atomic E-state index is 0.0534. The Kier molecular flexibility index (Phi) is 4.93. The summed E-state index contributed by atoms with van der Waals surface area (Å²) in [7, 11) is 0. The number of hydrogen-bond acceptors (Lipinski definition) is 3. The van der Waals surface area contributed by atoms with E-state index in [1.54, 1.807) is 18.7 Å². The van der Waals surface area contributed by atoms with Crippen molar-refractivity contribution in [3.8, 4) is 0 Å². The number of ketones is 1. The van der Waals surface area contributed by atoms with Crippen molar-refractivity contribution in [2.75, 3.05) is 11.4 Å². The van der Waals surface area contributed by atoms with Crippen molar-refractivity contribution >= 4 is 23.3 Å². The number of aromatic amines is 1. The van der Waals surface area contributed by atoms with E-state index in [0.29, 0.717) is 35.5 Å². The van der Waals surface area contributed by atoms with E-state index in [0.717, 1.165) is 24.2 Å². The van der Waals surface area contributed by atoms with Crippen molar-refractivity contribution in [2.24, 2.45) is 0 Å². The topological polar surface area (TPSA) is 82.3 Å². The molecule has 2 aromatic rings. The molecule has 2 N–H and O–H groups in total. The van der Waals surface area contributed by atoms with Gasteiger partial charge in [-0.2, -0.15) is 0 Å². The van der Waals surface area contributed by atoms with Crippen molar-refractivity contribution in [1.82, 2.24) is 10.3 Å². The molecule has 0 atom stereocenters. The fourth-order valence-electron chi connectivity index (χ4n) is 3.49. The van der Waals surface area contributed by atoms with Crippen molar-refractivity contribution in [1.29, 1.82) is 0 Å². The number of carbonyl (C=O) groups excluding carboxylic acids is 3. The number of aromatic nitrogens is 1. The first-order valence-corrected chi connectivity index (χ1v) is 8.76. The number of amides is 2. The molecule has 0 unspecified atom stereocenters. The molecular formula is C20H23N3O3. The van der Waals surface area contributed by atoms with Crippen LogP contribution in [0.4, 0.5) is 5.69 Å². The number of nitrogens with zero attached hydrogens (tertiary/aromatic N) is 1. The molecule has 1 saturated heterocycles. The van der Waals surface area contributed by atoms with E-state index in [-0.39, 0.29) is 17.6 Å². The van der Waals surface area contributed by atoms with Crippen LogP contribution in [0.5, 0.6) is 0 Å². The molecule has 0 spiro atoms. The van der Waals surface area contributed by atoms with Crippen LogP contribution in [0.1, 0.15) is 57.4 Å². The van der Waals surface area contributed by atoms with Gasteiger partial charge in [0.1, 0.15) is 5.69 Å². The minimum Gasteiger partial charge on any atom is -0.354 e. The number of H-pyrrole nitrogens is 1. The Morgan fingerprint density at radius 2 is 1.88 bits per heavy atom. The first-order chi connectivity index (χ1) is 12.4. The van der Waals surface area contributed by atoms with Crippen LogP contribution in [0.2, 0.25) is 0 Å². The second-order valence-corrected chi connectivity index (χ2v) is 6.68. The van der Waals surface area contributed by atoms with Crippen LogP contribution in [0.15, 0.2) is 24.3 Å². The predicted molar refractivity (Wildman–Crippen MR) is 99.5 cm³/mol. The zero-order valence-corrected chi connectivity index (χ0v) is 15.3. The average Bonchev–Trinajstić information content (AvgIpc) is 3.16. The van der Waals surface area contributed by atoms with Gasteiger partial charge in [-0.25, -0.2) is 0 Å². The Balaban J connectivity index is 1.66. The van der Waals surface area contributed by atoms with Gasteiger partial charge in [-0.15, -0.1) is 0 Å². The number of Topliss-reactive ketones (excluding diaryl/α,β-unsaturated/α-hetero) is 1. The van der Waals surface area contributed by atoms with E-state index in [4.69, 9.17) is 0 Å². The molecule has 6 nitrogen and oxygen atoms in total. The molecule has 2 heterocycles. The zero-order chi connectivity index (χ0) is 18.8. The third-order valence-electron chi connectivity index (χ3n) is 4.79. The summed E-state index contributed by atoms with van der Waals surface area (Å²) in [6, 6.07) is 7.63. The quantitative estimate of drug-likeness (QED) is 0.811. The lowest BCUT2D eigenvalue weighted by Crippen LogP contribution is -2.25. The molecule has 0 bridgehead atoms. The molecule has 0 radical (unpaired) electrons. The van der Waals surface area contributed by atoms with Gasteiger partial charge in [-0.05, 0) is 50.5 Å². The molecule has 1 aliphatic rings. The molecule has 0 aliphatic carbocycles. The minimum atomic E-state index is -0.239. The molecule has 3 rings (SSSR count). The van der Waals surface area contributed by atoms with E-state index < -0.39 is 0 Å². The summed E-state index contributed by atoms with van der Waals surface area (Å²) in [4.78, 5) is 40.7. The van der Waals surface area contributed by atoms with Gasteiger partial charge >= 0.3 is 0 Å². The molecule has 6 heteroatoms. The smallest absolute Gasteiger partial charge is 0.268 e. The van der Waals surface area contributed by atoms with Gasteiger partial charge in [0.25, 0.3) is 5.91 Å². The second-order valence-electron chi connectivity index (χ2n) is 6.68. The van der Waals surface area contributed by atoms with Crippen LogP contribution in [0.25, 0.3) is 0 Å². The van der Waals surface area contributed by atoms with Crippen LogP contribution in [0, 0.1) is 13.8 Å². The Labute approximate surface area is 152 Å².